The molecule has 2 amide bonds. The SMILES string of the molecule is CC(C)C[C@H](NC(=O)[C@H]1OS(=O)(=O)O[C@@H]1C(=O)[O-])C(=O)NC1CCCCC1. The summed E-state index contributed by atoms with van der Waals surface area (Å²) in [6, 6.07) is -0.922. The van der Waals surface area contributed by atoms with E-state index in [9.17, 15) is 27.9 Å². The van der Waals surface area contributed by atoms with Gasteiger partial charge in [-0.3, -0.25) is 9.59 Å². The molecule has 0 aromatic carbocycles. The molecule has 2 fully saturated rings. The third-order valence-corrected chi connectivity index (χ3v) is 5.39. The van der Waals surface area contributed by atoms with Crippen molar-refractivity contribution >= 4 is 28.2 Å². The van der Waals surface area contributed by atoms with Crippen LogP contribution in [0.2, 0.25) is 0 Å². The van der Waals surface area contributed by atoms with Crippen LogP contribution < -0.4 is 15.7 Å². The first-order chi connectivity index (χ1) is 12.6. The van der Waals surface area contributed by atoms with E-state index in [1.165, 1.54) is 0 Å². The number of carbonyl (C=O) groups excluding carboxylic acids is 3. The molecule has 0 aromatic heterocycles. The molecule has 2 N–H and O–H groups in total. The molecule has 0 bridgehead atoms. The van der Waals surface area contributed by atoms with E-state index in [0.717, 1.165) is 32.1 Å². The van der Waals surface area contributed by atoms with Gasteiger partial charge in [-0.1, -0.05) is 33.1 Å². The summed E-state index contributed by atoms with van der Waals surface area (Å²) in [5, 5.41) is 16.3. The molecule has 10 nitrogen and oxygen atoms in total. The van der Waals surface area contributed by atoms with E-state index in [1.54, 1.807) is 0 Å². The van der Waals surface area contributed by atoms with Crippen molar-refractivity contribution in [2.75, 3.05) is 0 Å². The monoisotopic (exact) mass is 405 g/mol. The molecule has 2 aliphatic rings. The summed E-state index contributed by atoms with van der Waals surface area (Å²) in [4.78, 5) is 36.0. The van der Waals surface area contributed by atoms with Crippen molar-refractivity contribution in [3.05, 3.63) is 0 Å². The maximum Gasteiger partial charge on any atom is 0.401 e. The third-order valence-electron chi connectivity index (χ3n) is 4.50. The van der Waals surface area contributed by atoms with Crippen molar-refractivity contribution in [1.29, 1.82) is 0 Å². The highest BCUT2D eigenvalue weighted by Gasteiger charge is 2.46. The third kappa shape index (κ3) is 6.15. The first kappa shape index (κ1) is 21.6. The van der Waals surface area contributed by atoms with Crippen molar-refractivity contribution in [3.8, 4) is 0 Å². The Hall–Kier alpha value is -1.72. The van der Waals surface area contributed by atoms with Crippen LogP contribution in [0.15, 0.2) is 0 Å². The second-order valence-electron chi connectivity index (χ2n) is 7.30. The molecule has 11 heteroatoms. The van der Waals surface area contributed by atoms with Crippen LogP contribution in [0.3, 0.4) is 0 Å². The van der Waals surface area contributed by atoms with Crippen LogP contribution in [0.25, 0.3) is 0 Å². The van der Waals surface area contributed by atoms with E-state index in [1.807, 2.05) is 13.8 Å². The molecule has 1 saturated heterocycles. The van der Waals surface area contributed by atoms with Gasteiger partial charge in [0.15, 0.2) is 12.2 Å². The lowest BCUT2D eigenvalue weighted by atomic mass is 9.94. The van der Waals surface area contributed by atoms with Crippen LogP contribution in [0.1, 0.15) is 52.4 Å². The van der Waals surface area contributed by atoms with Gasteiger partial charge in [0.05, 0.1) is 5.97 Å². The number of carboxylic acids is 1. The van der Waals surface area contributed by atoms with E-state index < -0.39 is 46.4 Å². The number of hydrogen-bond acceptors (Lipinski definition) is 8. The van der Waals surface area contributed by atoms with Crippen molar-refractivity contribution in [2.45, 2.75) is 76.7 Å². The highest BCUT2D eigenvalue weighted by atomic mass is 32.3. The Morgan fingerprint density at radius 1 is 1.07 bits per heavy atom. The van der Waals surface area contributed by atoms with Crippen LogP contribution in [-0.4, -0.2) is 50.5 Å². The van der Waals surface area contributed by atoms with E-state index in [0.29, 0.717) is 6.42 Å². The fraction of sp³-hybridized carbons (Fsp3) is 0.812. The second-order valence-corrected chi connectivity index (χ2v) is 8.50. The Kier molecular flexibility index (Phi) is 7.18. The molecule has 2 rings (SSSR count). The molecule has 0 radical (unpaired) electrons. The van der Waals surface area contributed by atoms with Gasteiger partial charge in [0.25, 0.3) is 5.91 Å². The zero-order valence-electron chi connectivity index (χ0n) is 15.3. The van der Waals surface area contributed by atoms with Crippen molar-refractivity contribution in [3.63, 3.8) is 0 Å². The minimum absolute atomic E-state index is 0.0280. The Morgan fingerprint density at radius 3 is 2.22 bits per heavy atom. The second kappa shape index (κ2) is 8.98. The quantitative estimate of drug-likeness (QED) is 0.533. The molecule has 1 heterocycles. The predicted octanol–water partition coefficient (Wildman–Crippen LogP) is -1.26. The minimum atomic E-state index is -4.62. The summed E-state index contributed by atoms with van der Waals surface area (Å²) >= 11 is 0. The highest BCUT2D eigenvalue weighted by molar-refractivity contribution is 7.82. The van der Waals surface area contributed by atoms with Crippen LogP contribution in [0.4, 0.5) is 0 Å². The molecule has 1 aliphatic heterocycles. The zero-order chi connectivity index (χ0) is 20.2. The summed E-state index contributed by atoms with van der Waals surface area (Å²) in [5.74, 6) is -3.30. The van der Waals surface area contributed by atoms with Gasteiger partial charge in [-0.05, 0) is 25.2 Å². The number of nitrogens with one attached hydrogen (secondary N) is 2. The van der Waals surface area contributed by atoms with Crippen LogP contribution in [0.5, 0.6) is 0 Å². The van der Waals surface area contributed by atoms with Crippen LogP contribution in [-0.2, 0) is 33.1 Å². The fourth-order valence-electron chi connectivity index (χ4n) is 3.23. The van der Waals surface area contributed by atoms with Gasteiger partial charge in [-0.25, -0.2) is 8.37 Å². The van der Waals surface area contributed by atoms with Crippen LogP contribution >= 0.6 is 0 Å². The molecule has 0 aromatic rings. The minimum Gasteiger partial charge on any atom is -0.547 e. The number of aliphatic carboxylic acids is 1. The van der Waals surface area contributed by atoms with Gasteiger partial charge in [-0.2, -0.15) is 8.42 Å². The van der Waals surface area contributed by atoms with Crippen LogP contribution in [0, 0.1) is 5.92 Å². The van der Waals surface area contributed by atoms with Gasteiger partial charge >= 0.3 is 10.4 Å². The maximum absolute atomic E-state index is 12.6. The molecule has 1 aliphatic carbocycles. The molecular formula is C16H25N2O8S-. The molecule has 0 spiro atoms. The standard InChI is InChI=1S/C16H26N2O8S/c1-9(2)8-11(14(19)17-10-6-4-3-5-7-10)18-15(20)12-13(16(21)22)26-27(23,24)25-12/h9-13H,3-8H2,1-2H3,(H,17,19)(H,18,20)(H,21,22)/p-1/t11-,12-,13-/m0/s1. The lowest BCUT2D eigenvalue weighted by Gasteiger charge is -2.27. The van der Waals surface area contributed by atoms with E-state index in [2.05, 4.69) is 19.0 Å². The molecule has 1 saturated carbocycles. The lowest BCUT2D eigenvalue weighted by molar-refractivity contribution is -0.314. The van der Waals surface area contributed by atoms with Crippen molar-refractivity contribution < 1.29 is 36.3 Å². The number of rotatable bonds is 7. The summed E-state index contributed by atoms with van der Waals surface area (Å²) in [6.45, 7) is 3.72. The Labute approximate surface area is 158 Å². The number of hydrogen-bond donors (Lipinski definition) is 2. The number of carbonyl (C=O) groups is 3. The van der Waals surface area contributed by atoms with Gasteiger partial charge in [0, 0.05) is 6.04 Å². The average Bonchev–Trinajstić information content (AvgIpc) is 2.91. The Morgan fingerprint density at radius 2 is 1.67 bits per heavy atom. The van der Waals surface area contributed by atoms with E-state index in [4.69, 9.17) is 0 Å². The zero-order valence-corrected chi connectivity index (χ0v) is 16.1. The highest BCUT2D eigenvalue weighted by Crippen LogP contribution is 2.21. The number of carboxylic acid groups (broad SMARTS) is 1. The van der Waals surface area contributed by atoms with Gasteiger partial charge in [-0.15, -0.1) is 0 Å². The number of amides is 2. The van der Waals surface area contributed by atoms with Gasteiger partial charge < -0.3 is 20.5 Å². The molecule has 0 unspecified atom stereocenters. The summed E-state index contributed by atoms with van der Waals surface area (Å²) in [7, 11) is -4.62. The largest absolute Gasteiger partial charge is 0.547 e. The topological polar surface area (TPSA) is 151 Å². The van der Waals surface area contributed by atoms with Crippen molar-refractivity contribution in [1.82, 2.24) is 10.6 Å². The fourth-order valence-corrected chi connectivity index (χ4v) is 4.15. The van der Waals surface area contributed by atoms with Gasteiger partial charge in [0.1, 0.15) is 6.04 Å². The first-order valence-corrected chi connectivity index (χ1v) is 10.4. The molecule has 3 atom stereocenters. The van der Waals surface area contributed by atoms with E-state index >= 15 is 0 Å². The molecule has 154 valence electrons. The smallest absolute Gasteiger partial charge is 0.401 e. The summed E-state index contributed by atoms with van der Waals surface area (Å²) in [5.41, 5.74) is 0. The Balaban J connectivity index is 2.06. The first-order valence-electron chi connectivity index (χ1n) is 9.02. The summed E-state index contributed by atoms with van der Waals surface area (Å²) in [6.07, 6.45) is 1.12. The van der Waals surface area contributed by atoms with E-state index in [-0.39, 0.29) is 12.0 Å². The van der Waals surface area contributed by atoms with Gasteiger partial charge in [0.2, 0.25) is 5.91 Å². The Bertz CT molecular complexity index is 672. The molecule has 27 heavy (non-hydrogen) atoms. The lowest BCUT2D eigenvalue weighted by Crippen LogP contribution is -2.55. The normalized spacial score (nSPS) is 26.5. The molecular weight excluding hydrogens is 380 g/mol. The van der Waals surface area contributed by atoms with Crippen molar-refractivity contribution in [2.24, 2.45) is 5.92 Å². The maximum atomic E-state index is 12.6. The predicted molar refractivity (Wildman–Crippen MR) is 90.1 cm³/mol. The average molecular weight is 405 g/mol. The summed E-state index contributed by atoms with van der Waals surface area (Å²) < 4.78 is 31.3.